The number of hydrogen-bond acceptors (Lipinski definition) is 5. The first-order chi connectivity index (χ1) is 15.1. The molecule has 1 aromatic carbocycles. The molecule has 7 nitrogen and oxygen atoms in total. The number of rotatable bonds is 3. The first kappa shape index (κ1) is 19.6. The molecule has 31 heavy (non-hydrogen) atoms. The Hall–Kier alpha value is -3.39. The van der Waals surface area contributed by atoms with Gasteiger partial charge < -0.3 is 4.90 Å². The number of thiazole rings is 1. The van der Waals surface area contributed by atoms with Gasteiger partial charge in [0.1, 0.15) is 10.7 Å². The second-order valence-corrected chi connectivity index (χ2v) is 8.53. The standard InChI is InChI=1S/C23H20N4O3S/c28-21-17-8-4-5-9-18(17)25-23(30)27(21)16-10-12-26(13-11-16)22(29)19-14-31-20(24-19)15-6-2-1-3-7-15/h1-9,14,16-17H,10-13H2. The Morgan fingerprint density at radius 3 is 2.61 bits per heavy atom. The van der Waals surface area contributed by atoms with Crippen LogP contribution in [-0.4, -0.2) is 57.5 Å². The van der Waals surface area contributed by atoms with Crippen LogP contribution >= 0.6 is 11.3 Å². The van der Waals surface area contributed by atoms with Crippen LogP contribution < -0.4 is 0 Å². The summed E-state index contributed by atoms with van der Waals surface area (Å²) in [4.78, 5) is 50.0. The smallest absolute Gasteiger partial charge is 0.337 e. The lowest BCUT2D eigenvalue weighted by atomic mass is 9.93. The molecule has 0 radical (unpaired) electrons. The van der Waals surface area contributed by atoms with Crippen LogP contribution in [0.2, 0.25) is 0 Å². The van der Waals surface area contributed by atoms with Gasteiger partial charge >= 0.3 is 6.03 Å². The Morgan fingerprint density at radius 2 is 1.84 bits per heavy atom. The fourth-order valence-electron chi connectivity index (χ4n) is 4.17. The molecule has 1 aliphatic carbocycles. The number of nitrogens with zero attached hydrogens (tertiary/aromatic N) is 4. The zero-order valence-corrected chi connectivity index (χ0v) is 17.5. The molecule has 3 heterocycles. The van der Waals surface area contributed by atoms with Gasteiger partial charge in [-0.3, -0.25) is 14.5 Å². The molecule has 3 aliphatic rings. The fraction of sp³-hybridized carbons (Fsp3) is 0.261. The summed E-state index contributed by atoms with van der Waals surface area (Å²) < 4.78 is 0. The first-order valence-corrected chi connectivity index (χ1v) is 11.1. The van der Waals surface area contributed by atoms with Crippen molar-refractivity contribution in [2.75, 3.05) is 13.1 Å². The molecule has 1 saturated heterocycles. The molecule has 1 fully saturated rings. The number of amides is 4. The molecule has 0 N–H and O–H groups in total. The summed E-state index contributed by atoms with van der Waals surface area (Å²) in [6.45, 7) is 0.936. The lowest BCUT2D eigenvalue weighted by Gasteiger charge is -2.39. The molecule has 5 rings (SSSR count). The van der Waals surface area contributed by atoms with Crippen LogP contribution in [0.15, 0.2) is 65.0 Å². The average Bonchev–Trinajstić information content (AvgIpc) is 3.30. The van der Waals surface area contributed by atoms with Gasteiger partial charge in [0.25, 0.3) is 5.91 Å². The lowest BCUT2D eigenvalue weighted by Crippen LogP contribution is -2.54. The largest absolute Gasteiger partial charge is 0.350 e. The number of hydrogen-bond donors (Lipinski definition) is 0. The fourth-order valence-corrected chi connectivity index (χ4v) is 4.97. The number of carbonyl (C=O) groups excluding carboxylic acids is 3. The van der Waals surface area contributed by atoms with E-state index in [1.54, 1.807) is 34.6 Å². The number of carbonyl (C=O) groups is 3. The van der Waals surface area contributed by atoms with Crippen LogP contribution in [0.4, 0.5) is 4.79 Å². The third-order valence-electron chi connectivity index (χ3n) is 5.80. The van der Waals surface area contributed by atoms with Crippen molar-refractivity contribution in [3.8, 4) is 10.6 Å². The van der Waals surface area contributed by atoms with E-state index in [4.69, 9.17) is 0 Å². The van der Waals surface area contributed by atoms with Gasteiger partial charge in [-0.1, -0.05) is 48.6 Å². The van der Waals surface area contributed by atoms with Crippen LogP contribution in [0.25, 0.3) is 10.6 Å². The molecule has 4 amide bonds. The molecule has 0 saturated carbocycles. The van der Waals surface area contributed by atoms with Crippen molar-refractivity contribution in [1.29, 1.82) is 0 Å². The molecule has 0 spiro atoms. The Labute approximate surface area is 183 Å². The Balaban J connectivity index is 1.25. The van der Waals surface area contributed by atoms with E-state index in [1.165, 1.54) is 16.2 Å². The van der Waals surface area contributed by atoms with E-state index < -0.39 is 11.9 Å². The van der Waals surface area contributed by atoms with Crippen molar-refractivity contribution in [2.24, 2.45) is 10.9 Å². The second kappa shape index (κ2) is 8.03. The number of imide groups is 1. The Morgan fingerprint density at radius 1 is 1.06 bits per heavy atom. The zero-order chi connectivity index (χ0) is 21.4. The molecule has 1 aromatic heterocycles. The minimum atomic E-state index is -0.506. The third-order valence-corrected chi connectivity index (χ3v) is 6.69. The van der Waals surface area contributed by atoms with Gasteiger partial charge in [-0.2, -0.15) is 4.99 Å². The van der Waals surface area contributed by atoms with Gasteiger partial charge in [0.2, 0.25) is 5.91 Å². The van der Waals surface area contributed by atoms with E-state index in [9.17, 15) is 14.4 Å². The maximum absolute atomic E-state index is 12.9. The van der Waals surface area contributed by atoms with Gasteiger partial charge in [0.05, 0.1) is 11.6 Å². The van der Waals surface area contributed by atoms with E-state index >= 15 is 0 Å². The van der Waals surface area contributed by atoms with Gasteiger partial charge in [0.15, 0.2) is 0 Å². The quantitative estimate of drug-likeness (QED) is 0.743. The number of fused-ring (bicyclic) bond motifs is 1. The highest BCUT2D eigenvalue weighted by Crippen LogP contribution is 2.28. The lowest BCUT2D eigenvalue weighted by molar-refractivity contribution is -0.131. The minimum Gasteiger partial charge on any atom is -0.337 e. The summed E-state index contributed by atoms with van der Waals surface area (Å²) in [5, 5.41) is 2.60. The van der Waals surface area contributed by atoms with E-state index in [0.29, 0.717) is 37.3 Å². The molecular weight excluding hydrogens is 412 g/mol. The second-order valence-electron chi connectivity index (χ2n) is 7.68. The molecule has 8 heteroatoms. The van der Waals surface area contributed by atoms with E-state index in [2.05, 4.69) is 9.98 Å². The number of benzene rings is 1. The highest BCUT2D eigenvalue weighted by Gasteiger charge is 2.41. The normalized spacial score (nSPS) is 21.3. The van der Waals surface area contributed by atoms with Crippen molar-refractivity contribution in [2.45, 2.75) is 18.9 Å². The Bertz CT molecular complexity index is 1130. The van der Waals surface area contributed by atoms with E-state index in [1.807, 2.05) is 30.3 Å². The molecule has 1 unspecified atom stereocenters. The average molecular weight is 433 g/mol. The number of likely N-dealkylation sites (tertiary alicyclic amines) is 1. The summed E-state index contributed by atoms with van der Waals surface area (Å²) in [5.41, 5.74) is 1.92. The van der Waals surface area contributed by atoms with Crippen LogP contribution in [0, 0.1) is 5.92 Å². The van der Waals surface area contributed by atoms with E-state index in [-0.39, 0.29) is 17.9 Å². The van der Waals surface area contributed by atoms with Gasteiger partial charge in [0, 0.05) is 30.1 Å². The zero-order valence-electron chi connectivity index (χ0n) is 16.7. The summed E-state index contributed by atoms with van der Waals surface area (Å²) in [5.74, 6) is -0.838. The molecular formula is C23H20N4O3S. The summed E-state index contributed by atoms with van der Waals surface area (Å²) >= 11 is 1.45. The number of allylic oxidation sites excluding steroid dienone is 3. The molecule has 2 aromatic rings. The number of piperidine rings is 1. The third kappa shape index (κ3) is 3.63. The van der Waals surface area contributed by atoms with Crippen LogP contribution in [-0.2, 0) is 4.79 Å². The predicted molar refractivity (Wildman–Crippen MR) is 118 cm³/mol. The number of aliphatic imine (C=N–C) groups is 1. The molecule has 0 bridgehead atoms. The summed E-state index contributed by atoms with van der Waals surface area (Å²) in [7, 11) is 0. The Kier molecular flexibility index (Phi) is 5.07. The maximum Gasteiger partial charge on any atom is 0.350 e. The van der Waals surface area contributed by atoms with Gasteiger partial charge in [-0.25, -0.2) is 9.78 Å². The SMILES string of the molecule is O=C(c1csc(-c2ccccc2)n1)N1CCC(N2C(=O)N=C3C=CC=CC3C2=O)CC1. The number of aromatic nitrogens is 1. The van der Waals surface area contributed by atoms with Crippen LogP contribution in [0.5, 0.6) is 0 Å². The van der Waals surface area contributed by atoms with Crippen molar-refractivity contribution >= 4 is 34.9 Å². The van der Waals surface area contributed by atoms with Crippen LogP contribution in [0.3, 0.4) is 0 Å². The van der Waals surface area contributed by atoms with Crippen molar-refractivity contribution in [1.82, 2.24) is 14.8 Å². The van der Waals surface area contributed by atoms with E-state index in [0.717, 1.165) is 10.6 Å². The van der Waals surface area contributed by atoms with Gasteiger partial charge in [-0.15, -0.1) is 11.3 Å². The topological polar surface area (TPSA) is 82.9 Å². The van der Waals surface area contributed by atoms with Crippen molar-refractivity contribution in [3.63, 3.8) is 0 Å². The predicted octanol–water partition coefficient (Wildman–Crippen LogP) is 3.56. The van der Waals surface area contributed by atoms with Crippen molar-refractivity contribution < 1.29 is 14.4 Å². The first-order valence-electron chi connectivity index (χ1n) is 10.2. The molecule has 1 atom stereocenters. The highest BCUT2D eigenvalue weighted by molar-refractivity contribution is 7.13. The number of urea groups is 1. The van der Waals surface area contributed by atoms with Crippen LogP contribution in [0.1, 0.15) is 23.3 Å². The monoisotopic (exact) mass is 432 g/mol. The molecule has 2 aliphatic heterocycles. The van der Waals surface area contributed by atoms with Crippen molar-refractivity contribution in [3.05, 3.63) is 65.7 Å². The maximum atomic E-state index is 12.9. The minimum absolute atomic E-state index is 0.117. The summed E-state index contributed by atoms with van der Waals surface area (Å²) in [6.07, 6.45) is 8.13. The highest BCUT2D eigenvalue weighted by atomic mass is 32.1. The summed E-state index contributed by atoms with van der Waals surface area (Å²) in [6, 6.07) is 9.01. The molecule has 156 valence electrons. The van der Waals surface area contributed by atoms with Gasteiger partial charge in [-0.05, 0) is 18.9 Å².